The fourth-order valence-electron chi connectivity index (χ4n) is 2.35. The van der Waals surface area contributed by atoms with Gasteiger partial charge in [-0.05, 0) is 58.8 Å². The van der Waals surface area contributed by atoms with E-state index in [1.54, 1.807) is 0 Å². The van der Waals surface area contributed by atoms with Crippen molar-refractivity contribution in [1.82, 2.24) is 0 Å². The number of amides is 1. The van der Waals surface area contributed by atoms with Crippen LogP contribution in [0.15, 0.2) is 46.9 Å². The summed E-state index contributed by atoms with van der Waals surface area (Å²) in [5.41, 5.74) is 2.95. The summed E-state index contributed by atoms with van der Waals surface area (Å²) in [6.45, 7) is 0.738. The average Bonchev–Trinajstić information content (AvgIpc) is 2.43. The summed E-state index contributed by atoms with van der Waals surface area (Å²) in [6.07, 6.45) is 0.907. The Morgan fingerprint density at radius 2 is 1.95 bits per heavy atom. The topological polar surface area (TPSA) is 20.3 Å². The van der Waals surface area contributed by atoms with Crippen molar-refractivity contribution in [3.8, 4) is 0 Å². The Hall–Kier alpha value is -0.880. The molecule has 0 fully saturated rings. The zero-order chi connectivity index (χ0) is 13.4. The third kappa shape index (κ3) is 2.43. The maximum absolute atomic E-state index is 12.6. The van der Waals surface area contributed by atoms with Crippen molar-refractivity contribution < 1.29 is 4.79 Å². The molecule has 2 aromatic carbocycles. The highest BCUT2D eigenvalue weighted by molar-refractivity contribution is 14.1. The monoisotopic (exact) mass is 427 g/mol. The molecule has 1 aliphatic rings. The van der Waals surface area contributed by atoms with Crippen LogP contribution in [0.5, 0.6) is 0 Å². The summed E-state index contributed by atoms with van der Waals surface area (Å²) in [6, 6.07) is 13.9. The molecule has 0 bridgehead atoms. The van der Waals surface area contributed by atoms with Gasteiger partial charge in [0.25, 0.3) is 5.91 Å². The zero-order valence-corrected chi connectivity index (χ0v) is 13.8. The van der Waals surface area contributed by atoms with Gasteiger partial charge in [-0.3, -0.25) is 4.79 Å². The molecule has 0 radical (unpaired) electrons. The predicted octanol–water partition coefficient (Wildman–Crippen LogP) is 4.26. The lowest BCUT2D eigenvalue weighted by Gasteiger charge is -2.29. The summed E-state index contributed by atoms with van der Waals surface area (Å²) < 4.78 is 2.09. The van der Waals surface area contributed by atoms with E-state index < -0.39 is 0 Å². The fraction of sp³-hybridized carbons (Fsp3) is 0.133. The Bertz CT molecular complexity index is 656. The number of benzene rings is 2. The number of fused-ring (bicyclic) bond motifs is 1. The predicted molar refractivity (Wildman–Crippen MR) is 88.7 cm³/mol. The van der Waals surface area contributed by atoms with Crippen LogP contribution in [-0.2, 0) is 6.42 Å². The molecule has 0 N–H and O–H groups in total. The van der Waals surface area contributed by atoms with E-state index >= 15 is 0 Å². The van der Waals surface area contributed by atoms with Gasteiger partial charge in [0, 0.05) is 20.2 Å². The van der Waals surface area contributed by atoms with Gasteiger partial charge in [-0.25, -0.2) is 0 Å². The van der Waals surface area contributed by atoms with Crippen molar-refractivity contribution in [2.45, 2.75) is 6.42 Å². The smallest absolute Gasteiger partial charge is 0.258 e. The van der Waals surface area contributed by atoms with E-state index in [9.17, 15) is 4.79 Å². The first-order valence-corrected chi connectivity index (χ1v) is 7.89. The molecular formula is C15H11BrINO. The van der Waals surface area contributed by atoms with E-state index in [1.165, 1.54) is 0 Å². The number of nitrogens with zero attached hydrogens (tertiary/aromatic N) is 1. The lowest BCUT2D eigenvalue weighted by molar-refractivity contribution is 0.0980. The molecule has 0 spiro atoms. The van der Waals surface area contributed by atoms with Crippen LogP contribution in [0.4, 0.5) is 5.69 Å². The Morgan fingerprint density at radius 1 is 1.16 bits per heavy atom. The Labute approximate surface area is 134 Å². The third-order valence-electron chi connectivity index (χ3n) is 3.30. The highest BCUT2D eigenvalue weighted by atomic mass is 127. The number of rotatable bonds is 1. The van der Waals surface area contributed by atoms with E-state index in [-0.39, 0.29) is 5.91 Å². The number of carbonyl (C=O) groups is 1. The van der Waals surface area contributed by atoms with E-state index in [4.69, 9.17) is 0 Å². The number of hydrogen-bond acceptors (Lipinski definition) is 1. The molecule has 19 heavy (non-hydrogen) atoms. The van der Waals surface area contributed by atoms with Crippen molar-refractivity contribution in [1.29, 1.82) is 0 Å². The summed E-state index contributed by atoms with van der Waals surface area (Å²) >= 11 is 5.75. The second-order valence-corrected chi connectivity index (χ2v) is 6.54. The Kier molecular flexibility index (Phi) is 3.62. The fourth-order valence-corrected chi connectivity index (χ4v) is 3.32. The van der Waals surface area contributed by atoms with Crippen LogP contribution in [-0.4, -0.2) is 12.5 Å². The molecule has 1 aliphatic heterocycles. The average molecular weight is 428 g/mol. The van der Waals surface area contributed by atoms with Crippen molar-refractivity contribution >= 4 is 50.1 Å². The highest BCUT2D eigenvalue weighted by Gasteiger charge is 2.26. The standard InChI is InChI=1S/C15H11BrINO/c16-11-5-6-13(17)14(9-11)18-8-7-10-3-1-2-4-12(10)15(18)19/h1-6,9H,7-8H2. The second kappa shape index (κ2) is 5.25. The first-order chi connectivity index (χ1) is 9.16. The minimum atomic E-state index is 0.0952. The van der Waals surface area contributed by atoms with E-state index in [0.717, 1.165) is 37.8 Å². The van der Waals surface area contributed by atoms with Gasteiger partial charge in [-0.2, -0.15) is 0 Å². The number of carbonyl (C=O) groups excluding carboxylic acids is 1. The molecule has 0 aromatic heterocycles. The van der Waals surface area contributed by atoms with Crippen LogP contribution in [0.1, 0.15) is 15.9 Å². The maximum atomic E-state index is 12.6. The number of halogens is 2. The number of hydrogen-bond donors (Lipinski definition) is 0. The van der Waals surface area contributed by atoms with Gasteiger partial charge in [0.1, 0.15) is 0 Å². The van der Waals surface area contributed by atoms with Gasteiger partial charge in [-0.1, -0.05) is 34.1 Å². The maximum Gasteiger partial charge on any atom is 0.258 e. The van der Waals surface area contributed by atoms with Gasteiger partial charge in [-0.15, -0.1) is 0 Å². The van der Waals surface area contributed by atoms with Crippen LogP contribution in [0.2, 0.25) is 0 Å². The van der Waals surface area contributed by atoms with E-state index in [1.807, 2.05) is 47.4 Å². The molecule has 0 saturated heterocycles. The summed E-state index contributed by atoms with van der Waals surface area (Å²) in [7, 11) is 0. The van der Waals surface area contributed by atoms with Gasteiger partial charge in [0.2, 0.25) is 0 Å². The highest BCUT2D eigenvalue weighted by Crippen LogP contribution is 2.30. The summed E-state index contributed by atoms with van der Waals surface area (Å²) in [5.74, 6) is 0.0952. The zero-order valence-electron chi connectivity index (χ0n) is 10.1. The largest absolute Gasteiger partial charge is 0.307 e. The van der Waals surface area contributed by atoms with E-state index in [0.29, 0.717) is 0 Å². The second-order valence-electron chi connectivity index (χ2n) is 4.46. The molecular weight excluding hydrogens is 417 g/mol. The molecule has 1 amide bonds. The normalized spacial score (nSPS) is 14.4. The van der Waals surface area contributed by atoms with E-state index in [2.05, 4.69) is 38.5 Å². The molecule has 1 heterocycles. The van der Waals surface area contributed by atoms with Crippen LogP contribution >= 0.6 is 38.5 Å². The van der Waals surface area contributed by atoms with Gasteiger partial charge in [0.15, 0.2) is 0 Å². The minimum Gasteiger partial charge on any atom is -0.307 e. The summed E-state index contributed by atoms with van der Waals surface area (Å²) in [4.78, 5) is 14.5. The molecule has 4 heteroatoms. The molecule has 2 nitrogen and oxygen atoms in total. The first-order valence-electron chi connectivity index (χ1n) is 6.01. The van der Waals surface area contributed by atoms with Crippen LogP contribution < -0.4 is 4.90 Å². The molecule has 96 valence electrons. The molecule has 0 aliphatic carbocycles. The van der Waals surface area contributed by atoms with Crippen molar-refractivity contribution in [2.24, 2.45) is 0 Å². The van der Waals surface area contributed by atoms with Crippen molar-refractivity contribution in [3.05, 3.63) is 61.6 Å². The van der Waals surface area contributed by atoms with Crippen LogP contribution in [0, 0.1) is 3.57 Å². The molecule has 0 saturated carbocycles. The lowest BCUT2D eigenvalue weighted by atomic mass is 9.99. The van der Waals surface area contributed by atoms with Gasteiger partial charge in [0.05, 0.1) is 5.69 Å². The van der Waals surface area contributed by atoms with Crippen LogP contribution in [0.25, 0.3) is 0 Å². The number of anilines is 1. The molecule has 2 aromatic rings. The lowest BCUT2D eigenvalue weighted by Crippen LogP contribution is -2.38. The van der Waals surface area contributed by atoms with Gasteiger partial charge < -0.3 is 4.90 Å². The van der Waals surface area contributed by atoms with Crippen molar-refractivity contribution in [2.75, 3.05) is 11.4 Å². The quantitative estimate of drug-likeness (QED) is 0.623. The van der Waals surface area contributed by atoms with Gasteiger partial charge >= 0.3 is 0 Å². The molecule has 0 atom stereocenters. The Balaban J connectivity index is 2.05. The first kappa shape index (κ1) is 13.1. The Morgan fingerprint density at radius 3 is 2.79 bits per heavy atom. The third-order valence-corrected chi connectivity index (χ3v) is 4.70. The molecule has 0 unspecified atom stereocenters. The van der Waals surface area contributed by atoms with Crippen LogP contribution in [0.3, 0.4) is 0 Å². The summed E-state index contributed by atoms with van der Waals surface area (Å²) in [5, 5.41) is 0. The van der Waals surface area contributed by atoms with Crippen molar-refractivity contribution in [3.63, 3.8) is 0 Å². The minimum absolute atomic E-state index is 0.0952. The SMILES string of the molecule is O=C1c2ccccc2CCN1c1cc(Br)ccc1I. The molecule has 3 rings (SSSR count).